The highest BCUT2D eigenvalue weighted by atomic mass is 16.9. The maximum absolute atomic E-state index is 8.39. The molecule has 0 aromatic carbocycles. The van der Waals surface area contributed by atoms with Gasteiger partial charge in [0.1, 0.15) is 6.61 Å². The van der Waals surface area contributed by atoms with Crippen LogP contribution in [0, 0.1) is 0 Å². The molecule has 0 spiro atoms. The molecule has 1 saturated heterocycles. The standard InChI is InChI=1S/C3H6O4/c4-2-1-6-3(5)7-2/h2-5H,1H2. The average molecular weight is 106 g/mol. The first-order valence-electron chi connectivity index (χ1n) is 1.92. The third kappa shape index (κ3) is 1.10. The lowest BCUT2D eigenvalue weighted by atomic mass is 10.7. The topological polar surface area (TPSA) is 58.9 Å². The minimum Gasteiger partial charge on any atom is -0.366 e. The highest BCUT2D eigenvalue weighted by Gasteiger charge is 2.20. The fourth-order valence-corrected chi connectivity index (χ4v) is 0.378. The molecule has 2 atom stereocenters. The molecule has 0 aromatic rings. The summed E-state index contributed by atoms with van der Waals surface area (Å²) in [5.74, 6) is 0. The molecule has 0 radical (unpaired) electrons. The summed E-state index contributed by atoms with van der Waals surface area (Å²) in [6, 6.07) is 0. The molecule has 42 valence electrons. The van der Waals surface area contributed by atoms with E-state index in [-0.39, 0.29) is 6.61 Å². The molecule has 1 fully saturated rings. The van der Waals surface area contributed by atoms with Gasteiger partial charge in [-0.2, -0.15) is 0 Å². The van der Waals surface area contributed by atoms with Gasteiger partial charge in [0.25, 0.3) is 6.48 Å². The molecule has 2 unspecified atom stereocenters. The van der Waals surface area contributed by atoms with Crippen molar-refractivity contribution in [3.05, 3.63) is 0 Å². The normalized spacial score (nSPS) is 42.0. The van der Waals surface area contributed by atoms with Crippen LogP contribution in [0.1, 0.15) is 0 Å². The number of hydrogen-bond donors (Lipinski definition) is 2. The van der Waals surface area contributed by atoms with E-state index in [2.05, 4.69) is 9.47 Å². The first-order chi connectivity index (χ1) is 3.29. The monoisotopic (exact) mass is 106 g/mol. The molecule has 4 nitrogen and oxygen atoms in total. The van der Waals surface area contributed by atoms with Crippen molar-refractivity contribution in [1.29, 1.82) is 0 Å². The molecule has 0 bridgehead atoms. The van der Waals surface area contributed by atoms with Gasteiger partial charge < -0.3 is 14.9 Å². The van der Waals surface area contributed by atoms with Gasteiger partial charge >= 0.3 is 0 Å². The Kier molecular flexibility index (Phi) is 1.25. The number of hydrogen-bond acceptors (Lipinski definition) is 4. The van der Waals surface area contributed by atoms with E-state index < -0.39 is 12.8 Å². The summed E-state index contributed by atoms with van der Waals surface area (Å²) in [7, 11) is 0. The van der Waals surface area contributed by atoms with Crippen LogP contribution in [0.5, 0.6) is 0 Å². The van der Waals surface area contributed by atoms with Gasteiger partial charge in [-0.05, 0) is 0 Å². The quantitative estimate of drug-likeness (QED) is 0.400. The van der Waals surface area contributed by atoms with Gasteiger partial charge in [0.2, 0.25) is 0 Å². The Bertz CT molecular complexity index is 56.0. The third-order valence-electron chi connectivity index (χ3n) is 0.655. The van der Waals surface area contributed by atoms with E-state index >= 15 is 0 Å². The van der Waals surface area contributed by atoms with Gasteiger partial charge in [0, 0.05) is 0 Å². The number of aliphatic hydroxyl groups is 2. The second-order valence-corrected chi connectivity index (χ2v) is 1.23. The molecule has 1 aliphatic rings. The molecule has 0 saturated carbocycles. The smallest absolute Gasteiger partial charge is 0.271 e. The van der Waals surface area contributed by atoms with Crippen molar-refractivity contribution in [3.8, 4) is 0 Å². The second-order valence-electron chi connectivity index (χ2n) is 1.23. The molecular weight excluding hydrogens is 100 g/mol. The predicted molar refractivity (Wildman–Crippen MR) is 19.1 cm³/mol. The summed E-state index contributed by atoms with van der Waals surface area (Å²) in [5, 5.41) is 16.7. The average Bonchev–Trinajstić information content (AvgIpc) is 1.87. The van der Waals surface area contributed by atoms with Crippen molar-refractivity contribution < 1.29 is 19.7 Å². The van der Waals surface area contributed by atoms with Crippen LogP contribution in [-0.4, -0.2) is 29.6 Å². The molecule has 2 N–H and O–H groups in total. The van der Waals surface area contributed by atoms with Crippen molar-refractivity contribution in [2.75, 3.05) is 6.61 Å². The van der Waals surface area contributed by atoms with Crippen molar-refractivity contribution in [1.82, 2.24) is 0 Å². The number of aliphatic hydroxyl groups excluding tert-OH is 2. The molecular formula is C3H6O4. The van der Waals surface area contributed by atoms with Gasteiger partial charge in [-0.1, -0.05) is 0 Å². The molecule has 0 aromatic heterocycles. The van der Waals surface area contributed by atoms with E-state index in [1.165, 1.54) is 0 Å². The van der Waals surface area contributed by atoms with E-state index in [4.69, 9.17) is 10.2 Å². The van der Waals surface area contributed by atoms with Crippen molar-refractivity contribution in [2.24, 2.45) is 0 Å². The van der Waals surface area contributed by atoms with Crippen molar-refractivity contribution in [2.45, 2.75) is 12.8 Å². The fraction of sp³-hybridized carbons (Fsp3) is 1.00. The Morgan fingerprint density at radius 1 is 1.43 bits per heavy atom. The summed E-state index contributed by atoms with van der Waals surface area (Å²) in [5.41, 5.74) is 0. The Morgan fingerprint density at radius 3 is 2.29 bits per heavy atom. The number of ether oxygens (including phenoxy) is 2. The van der Waals surface area contributed by atoms with E-state index in [0.29, 0.717) is 0 Å². The third-order valence-corrected chi connectivity index (χ3v) is 0.655. The van der Waals surface area contributed by atoms with Gasteiger partial charge in [0.05, 0.1) is 0 Å². The second kappa shape index (κ2) is 1.75. The SMILES string of the molecule is OC1COC(O)O1. The van der Waals surface area contributed by atoms with Crippen LogP contribution in [0.3, 0.4) is 0 Å². The summed E-state index contributed by atoms with van der Waals surface area (Å²) in [6.45, 7) is -1.17. The molecule has 4 heteroatoms. The molecule has 0 aliphatic carbocycles. The van der Waals surface area contributed by atoms with Gasteiger partial charge in [0.15, 0.2) is 6.29 Å². The summed E-state index contributed by atoms with van der Waals surface area (Å²) in [6.07, 6.45) is -0.949. The van der Waals surface area contributed by atoms with Crippen LogP contribution in [0.4, 0.5) is 0 Å². The highest BCUT2D eigenvalue weighted by molar-refractivity contribution is 4.42. The lowest BCUT2D eigenvalue weighted by molar-refractivity contribution is -0.226. The highest BCUT2D eigenvalue weighted by Crippen LogP contribution is 2.04. The van der Waals surface area contributed by atoms with Crippen LogP contribution in [0.25, 0.3) is 0 Å². The Balaban J connectivity index is 2.26. The summed E-state index contributed by atoms with van der Waals surface area (Å²) in [4.78, 5) is 0. The van der Waals surface area contributed by atoms with Crippen molar-refractivity contribution in [3.63, 3.8) is 0 Å². The molecule has 1 heterocycles. The Hall–Kier alpha value is -0.160. The first kappa shape index (κ1) is 4.99. The minimum atomic E-state index is -1.23. The van der Waals surface area contributed by atoms with E-state index in [9.17, 15) is 0 Å². The minimum absolute atomic E-state index is 0.0567. The predicted octanol–water partition coefficient (Wildman–Crippen LogP) is -1.37. The zero-order valence-electron chi connectivity index (χ0n) is 3.57. The van der Waals surface area contributed by atoms with Gasteiger partial charge in [-0.25, -0.2) is 0 Å². The Morgan fingerprint density at radius 2 is 2.14 bits per heavy atom. The largest absolute Gasteiger partial charge is 0.366 e. The van der Waals surface area contributed by atoms with Crippen LogP contribution >= 0.6 is 0 Å². The van der Waals surface area contributed by atoms with Gasteiger partial charge in [-0.3, -0.25) is 4.74 Å². The van der Waals surface area contributed by atoms with E-state index in [0.717, 1.165) is 0 Å². The van der Waals surface area contributed by atoms with E-state index in [1.807, 2.05) is 0 Å². The van der Waals surface area contributed by atoms with Crippen molar-refractivity contribution >= 4 is 0 Å². The molecule has 1 aliphatic heterocycles. The summed E-state index contributed by atoms with van der Waals surface area (Å²) >= 11 is 0. The zero-order valence-corrected chi connectivity index (χ0v) is 3.57. The molecule has 1 rings (SSSR count). The zero-order chi connectivity index (χ0) is 5.28. The van der Waals surface area contributed by atoms with Crippen LogP contribution in [0.2, 0.25) is 0 Å². The van der Waals surface area contributed by atoms with Gasteiger partial charge in [-0.15, -0.1) is 0 Å². The lowest BCUT2D eigenvalue weighted by Gasteiger charge is -1.96. The fourth-order valence-electron chi connectivity index (χ4n) is 0.378. The maximum atomic E-state index is 8.39. The Labute approximate surface area is 40.3 Å². The van der Waals surface area contributed by atoms with Crippen LogP contribution < -0.4 is 0 Å². The summed E-state index contributed by atoms with van der Waals surface area (Å²) < 4.78 is 8.60. The van der Waals surface area contributed by atoms with Crippen LogP contribution in [0.15, 0.2) is 0 Å². The first-order valence-corrected chi connectivity index (χ1v) is 1.92. The number of rotatable bonds is 0. The van der Waals surface area contributed by atoms with E-state index in [1.54, 1.807) is 0 Å². The maximum Gasteiger partial charge on any atom is 0.271 e. The molecule has 0 amide bonds. The lowest BCUT2D eigenvalue weighted by Crippen LogP contribution is -2.09. The molecule has 7 heavy (non-hydrogen) atoms. The van der Waals surface area contributed by atoms with Crippen LogP contribution in [-0.2, 0) is 9.47 Å².